The maximum Gasteiger partial charge on any atom is 0.131 e. The summed E-state index contributed by atoms with van der Waals surface area (Å²) in [6.07, 6.45) is 0. The SMILES string of the molecule is Cc1cc2c(C)c3ccccc3c(C)c2c(OCc2ccccc2)c1C. The van der Waals surface area contributed by atoms with Crippen LogP contribution in [0.15, 0.2) is 60.7 Å². The van der Waals surface area contributed by atoms with Crippen molar-refractivity contribution in [3.8, 4) is 5.75 Å². The highest BCUT2D eigenvalue weighted by Gasteiger charge is 2.16. The third kappa shape index (κ3) is 2.64. The number of fused-ring (bicyclic) bond motifs is 2. The van der Waals surface area contributed by atoms with Crippen molar-refractivity contribution in [2.75, 3.05) is 0 Å². The van der Waals surface area contributed by atoms with Gasteiger partial charge in [0.2, 0.25) is 0 Å². The van der Waals surface area contributed by atoms with Gasteiger partial charge >= 0.3 is 0 Å². The molecule has 0 aliphatic carbocycles. The van der Waals surface area contributed by atoms with Crippen LogP contribution in [0.2, 0.25) is 0 Å². The van der Waals surface area contributed by atoms with Gasteiger partial charge in [0.1, 0.15) is 12.4 Å². The molecule has 1 heteroatoms. The van der Waals surface area contributed by atoms with E-state index in [-0.39, 0.29) is 0 Å². The number of hydrogen-bond donors (Lipinski definition) is 0. The van der Waals surface area contributed by atoms with Crippen LogP contribution in [0.5, 0.6) is 5.75 Å². The van der Waals surface area contributed by atoms with Gasteiger partial charge < -0.3 is 4.74 Å². The third-order valence-electron chi connectivity index (χ3n) is 5.53. The lowest BCUT2D eigenvalue weighted by Crippen LogP contribution is -2.01. The summed E-state index contributed by atoms with van der Waals surface area (Å²) in [6.45, 7) is 9.37. The van der Waals surface area contributed by atoms with E-state index < -0.39 is 0 Å². The third-order valence-corrected chi connectivity index (χ3v) is 5.53. The van der Waals surface area contributed by atoms with E-state index in [2.05, 4.69) is 82.3 Å². The molecule has 1 nitrogen and oxygen atoms in total. The van der Waals surface area contributed by atoms with E-state index in [1.807, 2.05) is 6.07 Å². The fourth-order valence-corrected chi connectivity index (χ4v) is 3.88. The molecule has 0 bridgehead atoms. The molecular weight excluding hydrogens is 316 g/mol. The lowest BCUT2D eigenvalue weighted by molar-refractivity contribution is 0.307. The van der Waals surface area contributed by atoms with Gasteiger partial charge in [0.05, 0.1) is 0 Å². The standard InChI is InChI=1S/C25H24O/c1-16-14-23-18(3)21-12-8-9-13-22(21)19(4)24(23)25(17(16)2)26-15-20-10-6-5-7-11-20/h5-14H,15H2,1-4H3. The molecule has 4 aromatic rings. The lowest BCUT2D eigenvalue weighted by Gasteiger charge is -2.19. The second kappa shape index (κ2) is 6.49. The molecule has 0 aliphatic rings. The maximum absolute atomic E-state index is 6.40. The smallest absolute Gasteiger partial charge is 0.131 e. The van der Waals surface area contributed by atoms with Crippen LogP contribution in [0.3, 0.4) is 0 Å². The fourth-order valence-electron chi connectivity index (χ4n) is 3.88. The van der Waals surface area contributed by atoms with Gasteiger partial charge in [-0.25, -0.2) is 0 Å². The van der Waals surface area contributed by atoms with Crippen molar-refractivity contribution in [2.45, 2.75) is 34.3 Å². The second-order valence-electron chi connectivity index (χ2n) is 7.14. The van der Waals surface area contributed by atoms with E-state index in [0.29, 0.717) is 6.61 Å². The molecule has 0 saturated carbocycles. The van der Waals surface area contributed by atoms with E-state index in [0.717, 1.165) is 5.75 Å². The van der Waals surface area contributed by atoms with Crippen LogP contribution in [-0.2, 0) is 6.61 Å². The van der Waals surface area contributed by atoms with Crippen molar-refractivity contribution in [2.24, 2.45) is 0 Å². The number of ether oxygens (including phenoxy) is 1. The second-order valence-corrected chi connectivity index (χ2v) is 7.14. The highest BCUT2D eigenvalue weighted by molar-refractivity contribution is 6.08. The van der Waals surface area contributed by atoms with Crippen LogP contribution in [0.25, 0.3) is 21.5 Å². The molecule has 0 N–H and O–H groups in total. The molecule has 130 valence electrons. The molecule has 0 heterocycles. The largest absolute Gasteiger partial charge is 0.488 e. The molecule has 0 aliphatic heterocycles. The lowest BCUT2D eigenvalue weighted by atomic mass is 9.90. The zero-order chi connectivity index (χ0) is 18.3. The summed E-state index contributed by atoms with van der Waals surface area (Å²) in [4.78, 5) is 0. The molecule has 4 aromatic carbocycles. The summed E-state index contributed by atoms with van der Waals surface area (Å²) in [6, 6.07) is 21.4. The van der Waals surface area contributed by atoms with Crippen molar-refractivity contribution in [3.05, 3.63) is 88.5 Å². The molecule has 0 saturated heterocycles. The fraction of sp³-hybridized carbons (Fsp3) is 0.200. The average Bonchev–Trinajstić information content (AvgIpc) is 2.67. The van der Waals surface area contributed by atoms with Crippen LogP contribution < -0.4 is 4.74 Å². The Morgan fingerprint density at radius 1 is 0.654 bits per heavy atom. The normalized spacial score (nSPS) is 11.2. The first-order chi connectivity index (χ1) is 12.6. The molecule has 0 radical (unpaired) electrons. The predicted molar refractivity (Wildman–Crippen MR) is 111 cm³/mol. The van der Waals surface area contributed by atoms with E-state index in [9.17, 15) is 0 Å². The minimum absolute atomic E-state index is 0.589. The summed E-state index contributed by atoms with van der Waals surface area (Å²) in [5, 5.41) is 5.19. The van der Waals surface area contributed by atoms with E-state index in [1.54, 1.807) is 0 Å². The monoisotopic (exact) mass is 340 g/mol. The molecule has 26 heavy (non-hydrogen) atoms. The number of aryl methyl sites for hydroxylation is 3. The zero-order valence-corrected chi connectivity index (χ0v) is 15.9. The summed E-state index contributed by atoms with van der Waals surface area (Å²) in [5.74, 6) is 1.02. The van der Waals surface area contributed by atoms with Gasteiger partial charge in [-0.15, -0.1) is 0 Å². The maximum atomic E-state index is 6.40. The van der Waals surface area contributed by atoms with Crippen molar-refractivity contribution < 1.29 is 4.74 Å². The molecule has 0 amide bonds. The first-order valence-electron chi connectivity index (χ1n) is 9.16. The Labute approximate surface area is 155 Å². The first-order valence-corrected chi connectivity index (χ1v) is 9.16. The van der Waals surface area contributed by atoms with Gasteiger partial charge in [-0.05, 0) is 71.7 Å². The molecular formula is C25H24O. The number of hydrogen-bond acceptors (Lipinski definition) is 1. The van der Waals surface area contributed by atoms with Gasteiger partial charge in [0.25, 0.3) is 0 Å². The van der Waals surface area contributed by atoms with Crippen LogP contribution in [0.4, 0.5) is 0 Å². The van der Waals surface area contributed by atoms with Gasteiger partial charge in [-0.1, -0.05) is 60.7 Å². The van der Waals surface area contributed by atoms with Gasteiger partial charge in [-0.2, -0.15) is 0 Å². The summed E-state index contributed by atoms with van der Waals surface area (Å²) in [7, 11) is 0. The quantitative estimate of drug-likeness (QED) is 0.372. The van der Waals surface area contributed by atoms with E-state index >= 15 is 0 Å². The molecule has 0 fully saturated rings. The summed E-state index contributed by atoms with van der Waals surface area (Å²) >= 11 is 0. The number of benzene rings is 4. The predicted octanol–water partition coefficient (Wildman–Crippen LogP) is 6.81. The molecule has 0 unspecified atom stereocenters. The Morgan fingerprint density at radius 3 is 1.96 bits per heavy atom. The van der Waals surface area contributed by atoms with Gasteiger partial charge in [0.15, 0.2) is 0 Å². The molecule has 0 spiro atoms. The first kappa shape index (κ1) is 16.7. The van der Waals surface area contributed by atoms with Gasteiger partial charge in [-0.3, -0.25) is 0 Å². The Bertz CT molecular complexity index is 1110. The van der Waals surface area contributed by atoms with E-state index in [1.165, 1.54) is 49.4 Å². The average molecular weight is 340 g/mol. The van der Waals surface area contributed by atoms with Crippen molar-refractivity contribution in [1.82, 2.24) is 0 Å². The van der Waals surface area contributed by atoms with Gasteiger partial charge in [0, 0.05) is 5.39 Å². The topological polar surface area (TPSA) is 9.23 Å². The molecule has 0 atom stereocenters. The summed E-state index contributed by atoms with van der Waals surface area (Å²) in [5.41, 5.74) is 6.32. The molecule has 0 aromatic heterocycles. The Hall–Kier alpha value is -2.80. The van der Waals surface area contributed by atoms with Crippen molar-refractivity contribution >= 4 is 21.5 Å². The Balaban J connectivity index is 1.97. The summed E-state index contributed by atoms with van der Waals surface area (Å²) < 4.78 is 6.40. The number of rotatable bonds is 3. The Kier molecular flexibility index (Phi) is 4.16. The highest BCUT2D eigenvalue weighted by Crippen LogP contribution is 2.40. The van der Waals surface area contributed by atoms with Crippen molar-refractivity contribution in [3.63, 3.8) is 0 Å². The highest BCUT2D eigenvalue weighted by atomic mass is 16.5. The van der Waals surface area contributed by atoms with Crippen LogP contribution in [-0.4, -0.2) is 0 Å². The minimum Gasteiger partial charge on any atom is -0.488 e. The zero-order valence-electron chi connectivity index (χ0n) is 15.9. The molecule has 4 rings (SSSR count). The van der Waals surface area contributed by atoms with Crippen LogP contribution in [0, 0.1) is 27.7 Å². The van der Waals surface area contributed by atoms with Crippen LogP contribution >= 0.6 is 0 Å². The Morgan fingerprint density at radius 2 is 1.27 bits per heavy atom. The van der Waals surface area contributed by atoms with E-state index in [4.69, 9.17) is 4.74 Å². The van der Waals surface area contributed by atoms with Crippen molar-refractivity contribution in [1.29, 1.82) is 0 Å². The van der Waals surface area contributed by atoms with Crippen LogP contribution in [0.1, 0.15) is 27.8 Å². The minimum atomic E-state index is 0.589.